The summed E-state index contributed by atoms with van der Waals surface area (Å²) in [7, 11) is 0. The Kier molecular flexibility index (Phi) is 15.7. The van der Waals surface area contributed by atoms with Crippen molar-refractivity contribution in [2.45, 2.75) is 109 Å². The molecular formula is C18H35NO3. The molecule has 0 fully saturated rings. The maximum Gasteiger partial charge on any atom is 0.267 e. The van der Waals surface area contributed by atoms with Gasteiger partial charge < -0.3 is 0 Å². The third kappa shape index (κ3) is 14.0. The van der Waals surface area contributed by atoms with Crippen molar-refractivity contribution < 1.29 is 9.72 Å². The highest BCUT2D eigenvalue weighted by atomic mass is 16.6. The van der Waals surface area contributed by atoms with Gasteiger partial charge in [-0.05, 0) is 6.42 Å². The minimum absolute atomic E-state index is 0.397. The molecule has 4 heteroatoms. The molecule has 1 unspecified atom stereocenters. The summed E-state index contributed by atoms with van der Waals surface area (Å²) in [5.41, 5.74) is 0. The summed E-state index contributed by atoms with van der Waals surface area (Å²) in [4.78, 5) is 20.5. The molecule has 130 valence electrons. The molecule has 0 aromatic heterocycles. The van der Waals surface area contributed by atoms with Crippen LogP contribution in [0.4, 0.5) is 0 Å². The number of aldehydes is 1. The highest BCUT2D eigenvalue weighted by molar-refractivity contribution is 5.55. The first-order valence-corrected chi connectivity index (χ1v) is 9.31. The second-order valence-electron chi connectivity index (χ2n) is 6.37. The largest absolute Gasteiger partial charge is 0.296 e. The van der Waals surface area contributed by atoms with E-state index in [1.165, 1.54) is 70.6 Å². The molecule has 0 aromatic rings. The molecule has 0 aliphatic rings. The first kappa shape index (κ1) is 21.1. The van der Waals surface area contributed by atoms with E-state index in [4.69, 9.17) is 0 Å². The summed E-state index contributed by atoms with van der Waals surface area (Å²) in [6.07, 6.45) is 18.6. The number of nitro groups is 1. The van der Waals surface area contributed by atoms with Gasteiger partial charge in [-0.2, -0.15) is 0 Å². The van der Waals surface area contributed by atoms with Crippen LogP contribution in [0.1, 0.15) is 103 Å². The Labute approximate surface area is 136 Å². The molecule has 0 saturated carbocycles. The van der Waals surface area contributed by atoms with Gasteiger partial charge >= 0.3 is 0 Å². The number of carbonyl (C=O) groups excluding carboxylic acids is 1. The SMILES string of the molecule is CCCCCCCCCCCCCCCCC(C=O)[N+](=O)[O-]. The number of hydrogen-bond acceptors (Lipinski definition) is 3. The third-order valence-electron chi connectivity index (χ3n) is 4.28. The molecule has 22 heavy (non-hydrogen) atoms. The maximum atomic E-state index is 10.5. The van der Waals surface area contributed by atoms with Crippen LogP contribution in [0, 0.1) is 10.1 Å². The smallest absolute Gasteiger partial charge is 0.267 e. The summed E-state index contributed by atoms with van der Waals surface area (Å²) in [5.74, 6) is 0. The van der Waals surface area contributed by atoms with Gasteiger partial charge in [0.15, 0.2) is 6.29 Å². The van der Waals surface area contributed by atoms with Gasteiger partial charge in [0.2, 0.25) is 0 Å². The normalized spacial score (nSPS) is 12.2. The van der Waals surface area contributed by atoms with E-state index in [9.17, 15) is 14.9 Å². The molecule has 1 atom stereocenters. The van der Waals surface area contributed by atoms with E-state index >= 15 is 0 Å². The van der Waals surface area contributed by atoms with Gasteiger partial charge in [-0.3, -0.25) is 14.9 Å². The Bertz CT molecular complexity index is 269. The van der Waals surface area contributed by atoms with Crippen LogP contribution in [0.15, 0.2) is 0 Å². The van der Waals surface area contributed by atoms with Crippen LogP contribution >= 0.6 is 0 Å². The molecular weight excluding hydrogens is 278 g/mol. The summed E-state index contributed by atoms with van der Waals surface area (Å²) >= 11 is 0. The first-order valence-electron chi connectivity index (χ1n) is 9.31. The molecule has 0 aliphatic carbocycles. The number of rotatable bonds is 17. The highest BCUT2D eigenvalue weighted by Gasteiger charge is 2.17. The zero-order valence-corrected chi connectivity index (χ0v) is 14.4. The van der Waals surface area contributed by atoms with E-state index in [0.717, 1.165) is 19.3 Å². The van der Waals surface area contributed by atoms with Crippen molar-refractivity contribution >= 4 is 6.29 Å². The molecule has 0 rings (SSSR count). The van der Waals surface area contributed by atoms with Crippen molar-refractivity contribution in [2.24, 2.45) is 0 Å². The lowest BCUT2D eigenvalue weighted by Crippen LogP contribution is -2.20. The average molecular weight is 313 g/mol. The Hall–Kier alpha value is -0.930. The van der Waals surface area contributed by atoms with E-state index in [-0.39, 0.29) is 0 Å². The Morgan fingerprint density at radius 2 is 1.14 bits per heavy atom. The van der Waals surface area contributed by atoms with Gasteiger partial charge in [-0.25, -0.2) is 0 Å². The van der Waals surface area contributed by atoms with Crippen LogP contribution in [-0.2, 0) is 4.79 Å². The van der Waals surface area contributed by atoms with Crippen LogP contribution in [0.5, 0.6) is 0 Å². The Balaban J connectivity index is 3.14. The van der Waals surface area contributed by atoms with Gasteiger partial charge in [0.1, 0.15) is 0 Å². The van der Waals surface area contributed by atoms with E-state index in [1.807, 2.05) is 0 Å². The number of hydrogen-bond donors (Lipinski definition) is 0. The van der Waals surface area contributed by atoms with Crippen LogP contribution in [0.3, 0.4) is 0 Å². The zero-order chi connectivity index (χ0) is 16.5. The van der Waals surface area contributed by atoms with Crippen molar-refractivity contribution in [3.63, 3.8) is 0 Å². The Morgan fingerprint density at radius 1 is 0.773 bits per heavy atom. The van der Waals surface area contributed by atoms with Crippen LogP contribution in [0.2, 0.25) is 0 Å². The topological polar surface area (TPSA) is 60.2 Å². The predicted molar refractivity (Wildman–Crippen MR) is 91.8 cm³/mol. The second-order valence-corrected chi connectivity index (χ2v) is 6.37. The molecule has 0 heterocycles. The number of nitrogens with zero attached hydrogens (tertiary/aromatic N) is 1. The average Bonchev–Trinajstić information content (AvgIpc) is 2.51. The molecule has 0 aliphatic heterocycles. The van der Waals surface area contributed by atoms with Gasteiger partial charge in [-0.1, -0.05) is 90.4 Å². The van der Waals surface area contributed by atoms with Gasteiger partial charge in [-0.15, -0.1) is 0 Å². The zero-order valence-electron chi connectivity index (χ0n) is 14.4. The van der Waals surface area contributed by atoms with Gasteiger partial charge in [0.05, 0.1) is 0 Å². The molecule has 0 spiro atoms. The molecule has 0 N–H and O–H groups in total. The van der Waals surface area contributed by atoms with Crippen molar-refractivity contribution in [2.75, 3.05) is 0 Å². The fourth-order valence-electron chi connectivity index (χ4n) is 2.77. The first-order chi connectivity index (χ1) is 10.7. The predicted octanol–water partition coefficient (Wildman–Crippen LogP) is 5.70. The highest BCUT2D eigenvalue weighted by Crippen LogP contribution is 2.13. The molecule has 0 aromatic carbocycles. The van der Waals surface area contributed by atoms with E-state index in [1.54, 1.807) is 0 Å². The molecule has 0 bridgehead atoms. The molecule has 4 nitrogen and oxygen atoms in total. The molecule has 0 saturated heterocycles. The lowest BCUT2D eigenvalue weighted by atomic mass is 10.0. The standard InChI is InChI=1S/C18H35NO3/c1-2-3-4-5-6-7-8-9-10-11-12-13-14-15-16-18(17-20)19(21)22/h17-18H,2-16H2,1H3. The fourth-order valence-corrected chi connectivity index (χ4v) is 2.77. The fraction of sp³-hybridized carbons (Fsp3) is 0.944. The van der Waals surface area contributed by atoms with E-state index in [2.05, 4.69) is 6.92 Å². The molecule has 0 amide bonds. The van der Waals surface area contributed by atoms with E-state index < -0.39 is 11.0 Å². The third-order valence-corrected chi connectivity index (χ3v) is 4.28. The van der Waals surface area contributed by atoms with Crippen LogP contribution in [0.25, 0.3) is 0 Å². The second kappa shape index (κ2) is 16.4. The quantitative estimate of drug-likeness (QED) is 0.150. The summed E-state index contributed by atoms with van der Waals surface area (Å²) < 4.78 is 0. The van der Waals surface area contributed by atoms with Gasteiger partial charge in [0.25, 0.3) is 6.04 Å². The van der Waals surface area contributed by atoms with Crippen molar-refractivity contribution in [3.8, 4) is 0 Å². The van der Waals surface area contributed by atoms with Crippen molar-refractivity contribution in [3.05, 3.63) is 10.1 Å². The minimum Gasteiger partial charge on any atom is -0.296 e. The van der Waals surface area contributed by atoms with E-state index in [0.29, 0.717) is 12.7 Å². The monoisotopic (exact) mass is 313 g/mol. The van der Waals surface area contributed by atoms with Crippen LogP contribution in [-0.4, -0.2) is 17.3 Å². The van der Waals surface area contributed by atoms with Crippen molar-refractivity contribution in [1.82, 2.24) is 0 Å². The lowest BCUT2D eigenvalue weighted by molar-refractivity contribution is -0.506. The summed E-state index contributed by atoms with van der Waals surface area (Å²) in [6.45, 7) is 2.25. The van der Waals surface area contributed by atoms with Gasteiger partial charge in [0, 0.05) is 11.3 Å². The minimum atomic E-state index is -0.989. The van der Waals surface area contributed by atoms with Crippen LogP contribution < -0.4 is 0 Å². The summed E-state index contributed by atoms with van der Waals surface area (Å²) in [6, 6.07) is -0.989. The number of carbonyl (C=O) groups is 1. The number of unbranched alkanes of at least 4 members (excludes halogenated alkanes) is 13. The Morgan fingerprint density at radius 3 is 1.45 bits per heavy atom. The van der Waals surface area contributed by atoms with Crippen molar-refractivity contribution in [1.29, 1.82) is 0 Å². The summed E-state index contributed by atoms with van der Waals surface area (Å²) in [5, 5.41) is 10.5. The maximum absolute atomic E-state index is 10.5. The lowest BCUT2D eigenvalue weighted by Gasteiger charge is -2.04. The molecule has 0 radical (unpaired) electrons.